The maximum atomic E-state index is 5.70. The molecule has 0 N–H and O–H groups in total. The molecular formula is C8H16Cl2. The second-order valence-corrected chi connectivity index (χ2v) is 3.74. The van der Waals surface area contributed by atoms with Crippen molar-refractivity contribution >= 4 is 23.2 Å². The number of hydrogen-bond acceptors (Lipinski definition) is 0. The van der Waals surface area contributed by atoms with Crippen molar-refractivity contribution in [1.29, 1.82) is 0 Å². The van der Waals surface area contributed by atoms with Gasteiger partial charge in [-0.15, -0.1) is 23.2 Å². The molecule has 0 radical (unpaired) electrons. The molecule has 0 aromatic rings. The van der Waals surface area contributed by atoms with Gasteiger partial charge in [0.05, 0.1) is 0 Å². The summed E-state index contributed by atoms with van der Waals surface area (Å²) in [6, 6.07) is 0. The zero-order valence-corrected chi connectivity index (χ0v) is 8.41. The summed E-state index contributed by atoms with van der Waals surface area (Å²) in [5.74, 6) is 3.27. The van der Waals surface area contributed by atoms with E-state index in [1.54, 1.807) is 0 Å². The first-order valence-corrected chi connectivity index (χ1v) is 4.82. The lowest BCUT2D eigenvalue weighted by atomic mass is 9.87. The van der Waals surface area contributed by atoms with Crippen LogP contribution in [0.15, 0.2) is 0 Å². The Hall–Kier alpha value is 0.580. The third-order valence-corrected chi connectivity index (χ3v) is 3.26. The standard InChI is InChI=1S/C8H16Cl2/c1-6(4-9)8(3)7(2)5-10/h6-8H,4-5H2,1-3H3. The van der Waals surface area contributed by atoms with Crippen molar-refractivity contribution in [2.24, 2.45) is 17.8 Å². The highest BCUT2D eigenvalue weighted by Crippen LogP contribution is 2.22. The molecule has 0 saturated heterocycles. The summed E-state index contributed by atoms with van der Waals surface area (Å²) in [5, 5.41) is 0. The van der Waals surface area contributed by atoms with Gasteiger partial charge in [-0.1, -0.05) is 20.8 Å². The Bertz CT molecular complexity index is 73.3. The van der Waals surface area contributed by atoms with Crippen LogP contribution in [-0.4, -0.2) is 11.8 Å². The highest BCUT2D eigenvalue weighted by molar-refractivity contribution is 6.18. The van der Waals surface area contributed by atoms with E-state index in [-0.39, 0.29) is 0 Å². The Kier molecular flexibility index (Phi) is 5.56. The molecule has 2 unspecified atom stereocenters. The summed E-state index contributed by atoms with van der Waals surface area (Å²) in [6.07, 6.45) is 0. The number of rotatable bonds is 4. The lowest BCUT2D eigenvalue weighted by molar-refractivity contribution is 0.322. The van der Waals surface area contributed by atoms with Crippen molar-refractivity contribution in [3.63, 3.8) is 0 Å². The number of alkyl halides is 2. The molecule has 0 aromatic carbocycles. The molecule has 0 fully saturated rings. The molecule has 0 amide bonds. The molecular weight excluding hydrogens is 167 g/mol. The van der Waals surface area contributed by atoms with Gasteiger partial charge in [0.15, 0.2) is 0 Å². The van der Waals surface area contributed by atoms with Crippen LogP contribution < -0.4 is 0 Å². The fraction of sp³-hybridized carbons (Fsp3) is 1.00. The lowest BCUT2D eigenvalue weighted by Gasteiger charge is -2.22. The van der Waals surface area contributed by atoms with E-state index in [4.69, 9.17) is 23.2 Å². The third-order valence-electron chi connectivity index (χ3n) is 2.28. The molecule has 62 valence electrons. The Morgan fingerprint density at radius 1 is 0.900 bits per heavy atom. The monoisotopic (exact) mass is 182 g/mol. The molecule has 0 rings (SSSR count). The molecule has 0 aliphatic rings. The molecule has 0 nitrogen and oxygen atoms in total. The minimum absolute atomic E-state index is 0.579. The molecule has 0 bridgehead atoms. The van der Waals surface area contributed by atoms with Gasteiger partial charge < -0.3 is 0 Å². The van der Waals surface area contributed by atoms with Crippen LogP contribution >= 0.6 is 23.2 Å². The summed E-state index contributed by atoms with van der Waals surface area (Å²) < 4.78 is 0. The maximum Gasteiger partial charge on any atom is 0.0251 e. The highest BCUT2D eigenvalue weighted by atomic mass is 35.5. The van der Waals surface area contributed by atoms with Crippen molar-refractivity contribution in [3.8, 4) is 0 Å². The summed E-state index contributed by atoms with van der Waals surface area (Å²) in [4.78, 5) is 0. The van der Waals surface area contributed by atoms with Gasteiger partial charge in [0, 0.05) is 11.8 Å². The third kappa shape index (κ3) is 3.12. The Morgan fingerprint density at radius 2 is 1.20 bits per heavy atom. The average molecular weight is 183 g/mol. The lowest BCUT2D eigenvalue weighted by Crippen LogP contribution is -2.18. The van der Waals surface area contributed by atoms with E-state index in [9.17, 15) is 0 Å². The van der Waals surface area contributed by atoms with Crippen LogP contribution in [0.3, 0.4) is 0 Å². The predicted octanol–water partition coefficient (Wildman–Crippen LogP) is 3.37. The zero-order chi connectivity index (χ0) is 8.15. The fourth-order valence-electron chi connectivity index (χ4n) is 0.842. The fourth-order valence-corrected chi connectivity index (χ4v) is 1.40. The topological polar surface area (TPSA) is 0 Å². The van der Waals surface area contributed by atoms with Crippen LogP contribution in [-0.2, 0) is 0 Å². The smallest absolute Gasteiger partial charge is 0.0251 e. The molecule has 0 aromatic heterocycles. The van der Waals surface area contributed by atoms with Crippen LogP contribution in [0.1, 0.15) is 20.8 Å². The van der Waals surface area contributed by atoms with Crippen LogP contribution in [0, 0.1) is 17.8 Å². The van der Waals surface area contributed by atoms with Gasteiger partial charge in [-0.25, -0.2) is 0 Å². The molecule has 2 heteroatoms. The van der Waals surface area contributed by atoms with Gasteiger partial charge >= 0.3 is 0 Å². The SMILES string of the molecule is CC(CCl)C(C)C(C)CCl. The first kappa shape index (κ1) is 10.6. The van der Waals surface area contributed by atoms with Crippen molar-refractivity contribution in [2.75, 3.05) is 11.8 Å². The van der Waals surface area contributed by atoms with Crippen molar-refractivity contribution in [1.82, 2.24) is 0 Å². The predicted molar refractivity (Wildman–Crippen MR) is 48.9 cm³/mol. The number of halogens is 2. The molecule has 0 aliphatic carbocycles. The summed E-state index contributed by atoms with van der Waals surface area (Å²) >= 11 is 11.4. The summed E-state index contributed by atoms with van der Waals surface area (Å²) in [6.45, 7) is 6.54. The van der Waals surface area contributed by atoms with Crippen LogP contribution in [0.5, 0.6) is 0 Å². The average Bonchev–Trinajstić information content (AvgIpc) is 2.00. The second-order valence-electron chi connectivity index (χ2n) is 3.12. The Balaban J connectivity index is 3.69. The van der Waals surface area contributed by atoms with Gasteiger partial charge in [0.2, 0.25) is 0 Å². The molecule has 10 heavy (non-hydrogen) atoms. The quantitative estimate of drug-likeness (QED) is 0.586. The largest absolute Gasteiger partial charge is 0.126 e. The molecule has 0 aliphatic heterocycles. The van der Waals surface area contributed by atoms with Crippen molar-refractivity contribution < 1.29 is 0 Å². The summed E-state index contributed by atoms with van der Waals surface area (Å²) in [7, 11) is 0. The van der Waals surface area contributed by atoms with E-state index in [2.05, 4.69) is 20.8 Å². The van der Waals surface area contributed by atoms with Crippen molar-refractivity contribution in [3.05, 3.63) is 0 Å². The highest BCUT2D eigenvalue weighted by Gasteiger charge is 2.16. The van der Waals surface area contributed by atoms with Gasteiger partial charge in [0.1, 0.15) is 0 Å². The van der Waals surface area contributed by atoms with Gasteiger partial charge in [-0.3, -0.25) is 0 Å². The first-order chi connectivity index (χ1) is 4.63. The normalized spacial score (nSPS) is 20.1. The maximum absolute atomic E-state index is 5.70. The van der Waals surface area contributed by atoms with E-state index in [0.29, 0.717) is 17.8 Å². The molecule has 0 saturated carbocycles. The minimum atomic E-state index is 0.579. The molecule has 0 heterocycles. The Labute approximate surface area is 73.9 Å². The molecule has 2 atom stereocenters. The van der Waals surface area contributed by atoms with Crippen LogP contribution in [0.2, 0.25) is 0 Å². The van der Waals surface area contributed by atoms with Gasteiger partial charge in [0.25, 0.3) is 0 Å². The number of hydrogen-bond donors (Lipinski definition) is 0. The minimum Gasteiger partial charge on any atom is -0.126 e. The first-order valence-electron chi connectivity index (χ1n) is 3.75. The van der Waals surface area contributed by atoms with E-state index in [1.165, 1.54) is 0 Å². The van der Waals surface area contributed by atoms with Gasteiger partial charge in [-0.05, 0) is 17.8 Å². The zero-order valence-electron chi connectivity index (χ0n) is 6.90. The van der Waals surface area contributed by atoms with Gasteiger partial charge in [-0.2, -0.15) is 0 Å². The molecule has 0 spiro atoms. The van der Waals surface area contributed by atoms with Crippen LogP contribution in [0.25, 0.3) is 0 Å². The second kappa shape index (κ2) is 5.26. The Morgan fingerprint density at radius 3 is 1.40 bits per heavy atom. The van der Waals surface area contributed by atoms with Crippen LogP contribution in [0.4, 0.5) is 0 Å². The van der Waals surface area contributed by atoms with E-state index in [1.807, 2.05) is 0 Å². The van der Waals surface area contributed by atoms with E-state index in [0.717, 1.165) is 11.8 Å². The van der Waals surface area contributed by atoms with Crippen molar-refractivity contribution in [2.45, 2.75) is 20.8 Å². The summed E-state index contributed by atoms with van der Waals surface area (Å²) in [5.41, 5.74) is 0. The van der Waals surface area contributed by atoms with E-state index >= 15 is 0 Å². The van der Waals surface area contributed by atoms with E-state index < -0.39 is 0 Å².